The summed E-state index contributed by atoms with van der Waals surface area (Å²) in [4.78, 5) is 15.5. The number of anilines is 1. The third-order valence-electron chi connectivity index (χ3n) is 2.91. The first kappa shape index (κ1) is 14.3. The number of hydrogen-bond acceptors (Lipinski definition) is 4. The van der Waals surface area contributed by atoms with Crippen molar-refractivity contribution < 1.29 is 9.53 Å². The van der Waals surface area contributed by atoms with E-state index in [9.17, 15) is 4.79 Å². The van der Waals surface area contributed by atoms with Crippen LogP contribution >= 0.6 is 11.6 Å². The highest BCUT2D eigenvalue weighted by molar-refractivity contribution is 6.29. The van der Waals surface area contributed by atoms with Crippen LogP contribution in [-0.2, 0) is 11.3 Å². The summed E-state index contributed by atoms with van der Waals surface area (Å²) < 4.78 is 4.66. The van der Waals surface area contributed by atoms with Crippen molar-refractivity contribution in [2.75, 3.05) is 12.4 Å². The first-order valence-electron chi connectivity index (χ1n) is 6.14. The number of esters is 1. The number of nitrogens with one attached hydrogen (secondary N) is 1. The quantitative estimate of drug-likeness (QED) is 0.692. The van der Waals surface area contributed by atoms with Crippen LogP contribution in [0.1, 0.15) is 21.6 Å². The topological polar surface area (TPSA) is 51.2 Å². The molecule has 0 aliphatic heterocycles. The Labute approximate surface area is 122 Å². The number of halogens is 1. The van der Waals surface area contributed by atoms with Crippen molar-refractivity contribution in [1.82, 2.24) is 4.98 Å². The fraction of sp³-hybridized carbons (Fsp3) is 0.200. The summed E-state index contributed by atoms with van der Waals surface area (Å²) in [6.45, 7) is 2.54. The highest BCUT2D eigenvalue weighted by Gasteiger charge is 2.05. The predicted molar refractivity (Wildman–Crippen MR) is 79.1 cm³/mol. The van der Waals surface area contributed by atoms with E-state index in [1.54, 1.807) is 18.2 Å². The van der Waals surface area contributed by atoms with Crippen LogP contribution in [0.25, 0.3) is 0 Å². The molecule has 0 unspecified atom stereocenters. The molecule has 4 nitrogen and oxygen atoms in total. The summed E-state index contributed by atoms with van der Waals surface area (Å²) in [6.07, 6.45) is 0. The third-order valence-corrected chi connectivity index (χ3v) is 3.12. The predicted octanol–water partition coefficient (Wildman–Crippen LogP) is 3.44. The van der Waals surface area contributed by atoms with Gasteiger partial charge in [-0.1, -0.05) is 23.7 Å². The normalized spacial score (nSPS) is 10.2. The monoisotopic (exact) mass is 290 g/mol. The highest BCUT2D eigenvalue weighted by atomic mass is 35.5. The molecule has 0 saturated heterocycles. The second-order valence-corrected chi connectivity index (χ2v) is 4.70. The van der Waals surface area contributed by atoms with Crippen molar-refractivity contribution in [2.24, 2.45) is 0 Å². The smallest absolute Gasteiger partial charge is 0.337 e. The Morgan fingerprint density at radius 2 is 1.95 bits per heavy atom. The molecule has 1 aromatic carbocycles. The first-order valence-corrected chi connectivity index (χ1v) is 6.52. The number of nitrogens with zero attached hydrogens (tertiary/aromatic N) is 1. The van der Waals surface area contributed by atoms with Gasteiger partial charge >= 0.3 is 5.97 Å². The number of carbonyl (C=O) groups excluding carboxylic acids is 1. The van der Waals surface area contributed by atoms with Gasteiger partial charge in [-0.3, -0.25) is 0 Å². The van der Waals surface area contributed by atoms with Crippen LogP contribution in [0.4, 0.5) is 5.69 Å². The molecule has 0 bridgehead atoms. The van der Waals surface area contributed by atoms with Gasteiger partial charge in [0.05, 0.1) is 24.1 Å². The number of aryl methyl sites for hydroxylation is 1. The molecule has 20 heavy (non-hydrogen) atoms. The third kappa shape index (κ3) is 3.48. The number of hydrogen-bond donors (Lipinski definition) is 1. The number of carbonyl (C=O) groups is 1. The van der Waals surface area contributed by atoms with Crippen molar-refractivity contribution in [3.63, 3.8) is 0 Å². The van der Waals surface area contributed by atoms with Crippen LogP contribution in [0.15, 0.2) is 36.4 Å². The lowest BCUT2D eigenvalue weighted by atomic mass is 10.1. The standard InChI is InChI=1S/C15H15ClN2O2/c1-10-13(7-8-14(16)18-10)17-9-11-3-5-12(6-4-11)15(19)20-2/h3-8,17H,9H2,1-2H3. The molecular weight excluding hydrogens is 276 g/mol. The molecule has 104 valence electrons. The average Bonchev–Trinajstić information content (AvgIpc) is 2.46. The van der Waals surface area contributed by atoms with Crippen LogP contribution in [-0.4, -0.2) is 18.1 Å². The lowest BCUT2D eigenvalue weighted by molar-refractivity contribution is 0.0600. The van der Waals surface area contributed by atoms with Gasteiger partial charge < -0.3 is 10.1 Å². The van der Waals surface area contributed by atoms with E-state index in [-0.39, 0.29) is 5.97 Å². The molecule has 1 heterocycles. The summed E-state index contributed by atoms with van der Waals surface area (Å²) in [7, 11) is 1.37. The molecule has 0 radical (unpaired) electrons. The molecule has 2 aromatic rings. The van der Waals surface area contributed by atoms with Crippen LogP contribution in [0.3, 0.4) is 0 Å². The Morgan fingerprint density at radius 3 is 2.55 bits per heavy atom. The summed E-state index contributed by atoms with van der Waals surface area (Å²) in [5.41, 5.74) is 3.39. The van der Waals surface area contributed by atoms with Crippen LogP contribution < -0.4 is 5.32 Å². The maximum atomic E-state index is 11.3. The molecule has 0 saturated carbocycles. The van der Waals surface area contributed by atoms with E-state index in [4.69, 9.17) is 11.6 Å². The van der Waals surface area contributed by atoms with Crippen molar-refractivity contribution in [1.29, 1.82) is 0 Å². The highest BCUT2D eigenvalue weighted by Crippen LogP contribution is 2.17. The zero-order valence-corrected chi connectivity index (χ0v) is 12.1. The van der Waals surface area contributed by atoms with E-state index in [2.05, 4.69) is 15.0 Å². The van der Waals surface area contributed by atoms with Crippen LogP contribution in [0, 0.1) is 6.92 Å². The first-order chi connectivity index (χ1) is 9.60. The van der Waals surface area contributed by atoms with Crippen molar-refractivity contribution >= 4 is 23.3 Å². The molecular formula is C15H15ClN2O2. The minimum atomic E-state index is -0.331. The van der Waals surface area contributed by atoms with E-state index >= 15 is 0 Å². The second-order valence-electron chi connectivity index (χ2n) is 4.31. The Hall–Kier alpha value is -2.07. The summed E-state index contributed by atoms with van der Waals surface area (Å²) in [6, 6.07) is 10.9. The van der Waals surface area contributed by atoms with Gasteiger partial charge in [0.2, 0.25) is 0 Å². The zero-order chi connectivity index (χ0) is 14.5. The lowest BCUT2D eigenvalue weighted by Crippen LogP contribution is -2.04. The van der Waals surface area contributed by atoms with Gasteiger partial charge in [-0.2, -0.15) is 0 Å². The molecule has 0 spiro atoms. The molecule has 5 heteroatoms. The SMILES string of the molecule is COC(=O)c1ccc(CNc2ccc(Cl)nc2C)cc1. The number of pyridine rings is 1. The molecule has 2 rings (SSSR count). The minimum Gasteiger partial charge on any atom is -0.465 e. The molecule has 1 N–H and O–H groups in total. The lowest BCUT2D eigenvalue weighted by Gasteiger charge is -2.09. The van der Waals surface area contributed by atoms with Crippen LogP contribution in [0.5, 0.6) is 0 Å². The van der Waals surface area contributed by atoms with E-state index in [0.29, 0.717) is 17.3 Å². The van der Waals surface area contributed by atoms with E-state index in [1.165, 1.54) is 7.11 Å². The van der Waals surface area contributed by atoms with Gasteiger partial charge in [0.15, 0.2) is 0 Å². The Morgan fingerprint density at radius 1 is 1.25 bits per heavy atom. The molecule has 0 aliphatic carbocycles. The Bertz CT molecular complexity index is 612. The largest absolute Gasteiger partial charge is 0.465 e. The molecule has 1 aromatic heterocycles. The van der Waals surface area contributed by atoms with Crippen molar-refractivity contribution in [3.8, 4) is 0 Å². The maximum absolute atomic E-state index is 11.3. The van der Waals surface area contributed by atoms with Crippen molar-refractivity contribution in [3.05, 3.63) is 58.4 Å². The Balaban J connectivity index is 2.02. The van der Waals surface area contributed by atoms with Crippen LogP contribution in [0.2, 0.25) is 5.15 Å². The van der Waals surface area contributed by atoms with Gasteiger partial charge in [-0.15, -0.1) is 0 Å². The maximum Gasteiger partial charge on any atom is 0.337 e. The number of ether oxygens (including phenoxy) is 1. The van der Waals surface area contributed by atoms with E-state index in [0.717, 1.165) is 16.9 Å². The number of methoxy groups -OCH3 is 1. The van der Waals surface area contributed by atoms with E-state index in [1.807, 2.05) is 25.1 Å². The fourth-order valence-electron chi connectivity index (χ4n) is 1.79. The average molecular weight is 291 g/mol. The van der Waals surface area contributed by atoms with Gasteiger partial charge in [0.25, 0.3) is 0 Å². The second kappa shape index (κ2) is 6.39. The van der Waals surface area contributed by atoms with Gasteiger partial charge in [0, 0.05) is 6.54 Å². The van der Waals surface area contributed by atoms with Gasteiger partial charge in [-0.25, -0.2) is 9.78 Å². The van der Waals surface area contributed by atoms with Gasteiger partial charge in [0.1, 0.15) is 5.15 Å². The zero-order valence-electron chi connectivity index (χ0n) is 11.3. The molecule has 0 fully saturated rings. The summed E-state index contributed by atoms with van der Waals surface area (Å²) >= 11 is 5.81. The summed E-state index contributed by atoms with van der Waals surface area (Å²) in [5.74, 6) is -0.331. The number of benzene rings is 1. The number of aromatic nitrogens is 1. The fourth-order valence-corrected chi connectivity index (χ4v) is 1.98. The Kier molecular flexibility index (Phi) is 4.58. The summed E-state index contributed by atoms with van der Waals surface area (Å²) in [5, 5.41) is 3.76. The van der Waals surface area contributed by atoms with Gasteiger partial charge in [-0.05, 0) is 36.8 Å². The number of rotatable bonds is 4. The molecule has 0 atom stereocenters. The van der Waals surface area contributed by atoms with E-state index < -0.39 is 0 Å². The molecule has 0 amide bonds. The molecule has 0 aliphatic rings. The van der Waals surface area contributed by atoms with Crippen molar-refractivity contribution in [2.45, 2.75) is 13.5 Å². The minimum absolute atomic E-state index is 0.331.